The molecule has 20 heavy (non-hydrogen) atoms. The molecule has 7 heteroatoms. The molecule has 0 heterocycles. The predicted molar refractivity (Wildman–Crippen MR) is 76.6 cm³/mol. The van der Waals surface area contributed by atoms with Crippen molar-refractivity contribution in [2.24, 2.45) is 0 Å². The summed E-state index contributed by atoms with van der Waals surface area (Å²) in [6, 6.07) is 4.47. The lowest BCUT2D eigenvalue weighted by Crippen LogP contribution is -2.21. The van der Waals surface area contributed by atoms with Gasteiger partial charge in [0.15, 0.2) is 5.12 Å². The summed E-state index contributed by atoms with van der Waals surface area (Å²) in [5.41, 5.74) is 0.457. The van der Waals surface area contributed by atoms with Crippen molar-refractivity contribution in [3.8, 4) is 0 Å². The maximum Gasteiger partial charge on any atom is 0.275 e. The van der Waals surface area contributed by atoms with Gasteiger partial charge in [-0.25, -0.2) is 0 Å². The van der Waals surface area contributed by atoms with Crippen LogP contribution in [0.4, 0.5) is 5.69 Å². The Bertz CT molecular complexity index is 506. The van der Waals surface area contributed by atoms with Gasteiger partial charge in [0.05, 0.1) is 16.6 Å². The van der Waals surface area contributed by atoms with Gasteiger partial charge in [0.2, 0.25) is 0 Å². The van der Waals surface area contributed by atoms with Crippen LogP contribution in [0.2, 0.25) is 0 Å². The molecule has 0 saturated heterocycles. The number of aliphatic hydroxyl groups is 2. The first-order valence-electron chi connectivity index (χ1n) is 6.08. The molecule has 1 aromatic rings. The van der Waals surface area contributed by atoms with Gasteiger partial charge in [-0.1, -0.05) is 23.9 Å². The summed E-state index contributed by atoms with van der Waals surface area (Å²) < 4.78 is 0. The summed E-state index contributed by atoms with van der Waals surface area (Å²) in [5.74, 6) is 0.354. The molecule has 0 saturated carbocycles. The van der Waals surface area contributed by atoms with E-state index >= 15 is 0 Å². The Morgan fingerprint density at radius 2 is 2.10 bits per heavy atom. The van der Waals surface area contributed by atoms with E-state index in [0.717, 1.165) is 11.8 Å². The summed E-state index contributed by atoms with van der Waals surface area (Å²) in [4.78, 5) is 21.2. The molecule has 0 amide bonds. The van der Waals surface area contributed by atoms with Crippen LogP contribution in [0.1, 0.15) is 30.6 Å². The first-order chi connectivity index (χ1) is 9.34. The van der Waals surface area contributed by atoms with Crippen LogP contribution in [-0.4, -0.2) is 32.1 Å². The van der Waals surface area contributed by atoms with Crippen molar-refractivity contribution in [1.29, 1.82) is 0 Å². The molecule has 110 valence electrons. The number of nitrogens with zero attached hydrogens (tertiary/aromatic N) is 1. The molecule has 2 atom stereocenters. The number of aryl methyl sites for hydroxylation is 1. The van der Waals surface area contributed by atoms with Crippen LogP contribution in [0.5, 0.6) is 0 Å². The van der Waals surface area contributed by atoms with Gasteiger partial charge in [-0.05, 0) is 18.9 Å². The zero-order chi connectivity index (χ0) is 15.3. The fraction of sp³-hybridized carbons (Fsp3) is 0.462. The van der Waals surface area contributed by atoms with E-state index in [1.807, 2.05) is 0 Å². The van der Waals surface area contributed by atoms with E-state index in [9.17, 15) is 25.1 Å². The Kier molecular flexibility index (Phi) is 6.12. The predicted octanol–water partition coefficient (Wildman–Crippen LogP) is 1.97. The number of rotatable bonds is 6. The van der Waals surface area contributed by atoms with Crippen molar-refractivity contribution in [3.63, 3.8) is 0 Å². The van der Waals surface area contributed by atoms with Crippen molar-refractivity contribution in [2.45, 2.75) is 32.5 Å². The van der Waals surface area contributed by atoms with E-state index in [0.29, 0.717) is 11.3 Å². The maximum atomic E-state index is 11.0. The van der Waals surface area contributed by atoms with Crippen molar-refractivity contribution in [3.05, 3.63) is 39.4 Å². The molecule has 1 aromatic carbocycles. The van der Waals surface area contributed by atoms with Gasteiger partial charge in [-0.15, -0.1) is 0 Å². The summed E-state index contributed by atoms with van der Waals surface area (Å²) in [6.45, 7) is 3.06. The van der Waals surface area contributed by atoms with E-state index in [-0.39, 0.29) is 22.8 Å². The molecule has 0 aliphatic rings. The molecular weight excluding hydrogens is 282 g/mol. The average molecular weight is 299 g/mol. The van der Waals surface area contributed by atoms with E-state index in [4.69, 9.17) is 0 Å². The number of nitro benzene ring substituents is 1. The fourth-order valence-electron chi connectivity index (χ4n) is 1.88. The number of carbonyl (C=O) groups is 1. The molecule has 1 rings (SSSR count). The molecule has 0 aliphatic carbocycles. The van der Waals surface area contributed by atoms with Gasteiger partial charge >= 0.3 is 0 Å². The van der Waals surface area contributed by atoms with Gasteiger partial charge in [0.25, 0.3) is 5.69 Å². The monoisotopic (exact) mass is 299 g/mol. The molecule has 6 nitrogen and oxygen atoms in total. The maximum absolute atomic E-state index is 11.0. The van der Waals surface area contributed by atoms with Crippen molar-refractivity contribution in [2.75, 3.05) is 5.75 Å². The highest BCUT2D eigenvalue weighted by Crippen LogP contribution is 2.31. The molecule has 0 fully saturated rings. The SMILES string of the molecule is CC(=O)SCCC(O)C(O)c1c(C)cccc1[N+](=O)[O-]. The number of aliphatic hydroxyl groups excluding tert-OH is 2. The van der Waals surface area contributed by atoms with Crippen LogP contribution < -0.4 is 0 Å². The van der Waals surface area contributed by atoms with Crippen LogP contribution >= 0.6 is 11.8 Å². The van der Waals surface area contributed by atoms with Crippen LogP contribution in [0.3, 0.4) is 0 Å². The molecule has 0 aromatic heterocycles. The van der Waals surface area contributed by atoms with Crippen molar-refractivity contribution < 1.29 is 19.9 Å². The Morgan fingerprint density at radius 1 is 1.45 bits per heavy atom. The van der Waals surface area contributed by atoms with E-state index in [2.05, 4.69) is 0 Å². The highest BCUT2D eigenvalue weighted by molar-refractivity contribution is 8.13. The number of hydrogen-bond donors (Lipinski definition) is 2. The number of thioether (sulfide) groups is 1. The minimum atomic E-state index is -1.34. The Hall–Kier alpha value is -1.44. The number of hydrogen-bond acceptors (Lipinski definition) is 6. The molecule has 0 spiro atoms. The third-order valence-electron chi connectivity index (χ3n) is 2.88. The minimum Gasteiger partial charge on any atom is -0.390 e. The largest absolute Gasteiger partial charge is 0.390 e. The number of benzene rings is 1. The molecule has 0 bridgehead atoms. The Labute approximate surface area is 121 Å². The van der Waals surface area contributed by atoms with E-state index in [1.54, 1.807) is 13.0 Å². The lowest BCUT2D eigenvalue weighted by molar-refractivity contribution is -0.386. The second-order valence-corrected chi connectivity index (χ2v) is 5.68. The van der Waals surface area contributed by atoms with Crippen molar-refractivity contribution >= 4 is 22.6 Å². The normalized spacial score (nSPS) is 13.8. The summed E-state index contributed by atoms with van der Waals surface area (Å²) in [6.07, 6.45) is -2.32. The van der Waals surface area contributed by atoms with Crippen molar-refractivity contribution in [1.82, 2.24) is 0 Å². The quantitative estimate of drug-likeness (QED) is 0.615. The zero-order valence-electron chi connectivity index (χ0n) is 11.3. The lowest BCUT2D eigenvalue weighted by Gasteiger charge is -2.19. The van der Waals surface area contributed by atoms with Crippen LogP contribution in [0, 0.1) is 17.0 Å². The lowest BCUT2D eigenvalue weighted by atomic mass is 9.96. The number of nitro groups is 1. The van der Waals surface area contributed by atoms with E-state index < -0.39 is 17.1 Å². The smallest absolute Gasteiger partial charge is 0.275 e. The second kappa shape index (κ2) is 7.37. The molecule has 2 N–H and O–H groups in total. The van der Waals surface area contributed by atoms with Gasteiger partial charge < -0.3 is 10.2 Å². The van der Waals surface area contributed by atoms with Gasteiger partial charge in [-0.2, -0.15) is 0 Å². The van der Waals surface area contributed by atoms with Gasteiger partial charge in [0.1, 0.15) is 6.10 Å². The Morgan fingerprint density at radius 3 is 2.65 bits per heavy atom. The average Bonchev–Trinajstić information content (AvgIpc) is 2.36. The van der Waals surface area contributed by atoms with E-state index in [1.165, 1.54) is 19.1 Å². The number of carbonyl (C=O) groups excluding carboxylic acids is 1. The second-order valence-electron chi connectivity index (χ2n) is 4.41. The molecular formula is C13H17NO5S. The summed E-state index contributed by atoms with van der Waals surface area (Å²) in [5, 5.41) is 30.9. The van der Waals surface area contributed by atoms with Crippen LogP contribution in [0.15, 0.2) is 18.2 Å². The summed E-state index contributed by atoms with van der Waals surface area (Å²) >= 11 is 1.04. The third kappa shape index (κ3) is 4.29. The first kappa shape index (κ1) is 16.6. The standard InChI is InChI=1S/C13H17NO5S/c1-8-4-3-5-10(14(18)19)12(8)13(17)11(16)6-7-20-9(2)15/h3-5,11,13,16-17H,6-7H2,1-2H3. The molecule has 2 unspecified atom stereocenters. The minimum absolute atomic E-state index is 0.0754. The van der Waals surface area contributed by atoms with Gasteiger partial charge in [-0.3, -0.25) is 14.9 Å². The molecule has 0 radical (unpaired) electrons. The van der Waals surface area contributed by atoms with Gasteiger partial charge in [0, 0.05) is 18.7 Å². The fourth-order valence-corrected chi connectivity index (χ4v) is 2.53. The Balaban J connectivity index is 2.88. The topological polar surface area (TPSA) is 101 Å². The molecule has 0 aliphatic heterocycles. The third-order valence-corrected chi connectivity index (χ3v) is 3.72. The highest BCUT2D eigenvalue weighted by atomic mass is 32.2. The highest BCUT2D eigenvalue weighted by Gasteiger charge is 2.27. The van der Waals surface area contributed by atoms with Crippen LogP contribution in [-0.2, 0) is 4.79 Å². The summed E-state index contributed by atoms with van der Waals surface area (Å²) in [7, 11) is 0. The first-order valence-corrected chi connectivity index (χ1v) is 7.06. The zero-order valence-corrected chi connectivity index (χ0v) is 12.1. The van der Waals surface area contributed by atoms with Crippen LogP contribution in [0.25, 0.3) is 0 Å².